The fourth-order valence-corrected chi connectivity index (χ4v) is 6.26. The van der Waals surface area contributed by atoms with E-state index in [-0.39, 0.29) is 31.2 Å². The molecule has 1 aliphatic heterocycles. The van der Waals surface area contributed by atoms with Crippen LogP contribution in [0.4, 0.5) is 5.69 Å². The van der Waals surface area contributed by atoms with Gasteiger partial charge in [0.25, 0.3) is 11.8 Å². The van der Waals surface area contributed by atoms with Gasteiger partial charge >= 0.3 is 0 Å². The minimum Gasteiger partial charge on any atom is -0.496 e. The second kappa shape index (κ2) is 15.3. The number of aliphatic hydroxyl groups is 5. The van der Waals surface area contributed by atoms with Crippen LogP contribution < -0.4 is 19.1 Å². The smallest absolute Gasteiger partial charge is 0.270 e. The van der Waals surface area contributed by atoms with E-state index in [9.17, 15) is 30.0 Å². The van der Waals surface area contributed by atoms with Crippen molar-refractivity contribution < 1.29 is 49.3 Å². The molecule has 0 saturated carbocycles. The minimum atomic E-state index is -1.82. The van der Waals surface area contributed by atoms with Crippen LogP contribution >= 0.6 is 0 Å². The number of amides is 2. The fourth-order valence-electron chi connectivity index (χ4n) is 6.26. The highest BCUT2D eigenvalue weighted by Gasteiger charge is 2.33. The molecule has 3 aromatic carbocycles. The van der Waals surface area contributed by atoms with Crippen LogP contribution in [0.15, 0.2) is 66.7 Å². The van der Waals surface area contributed by atoms with E-state index in [0.717, 1.165) is 22.4 Å². The molecule has 0 saturated heterocycles. The number of fused-ring (bicyclic) bond motifs is 2. The van der Waals surface area contributed by atoms with Crippen molar-refractivity contribution in [1.29, 1.82) is 0 Å². The van der Waals surface area contributed by atoms with Gasteiger partial charge in [0.15, 0.2) is 11.5 Å². The molecule has 0 spiro atoms. The zero-order chi connectivity index (χ0) is 36.3. The summed E-state index contributed by atoms with van der Waals surface area (Å²) in [5.41, 5.74) is 5.35. The molecule has 5 rings (SSSR count). The number of nitrogens with zero attached hydrogens (tertiary/aromatic N) is 3. The molecule has 13 nitrogen and oxygen atoms in total. The molecule has 1 aromatic heterocycles. The molecule has 0 bridgehead atoms. The third-order valence-electron chi connectivity index (χ3n) is 9.06. The van der Waals surface area contributed by atoms with E-state index >= 15 is 0 Å². The van der Waals surface area contributed by atoms with Crippen molar-refractivity contribution in [1.82, 2.24) is 9.47 Å². The summed E-state index contributed by atoms with van der Waals surface area (Å²) >= 11 is 0. The average molecular weight is 690 g/mol. The van der Waals surface area contributed by atoms with Gasteiger partial charge in [-0.1, -0.05) is 24.3 Å². The number of aromatic nitrogens is 1. The summed E-state index contributed by atoms with van der Waals surface area (Å²) in [4.78, 5) is 31.0. The first-order valence-corrected chi connectivity index (χ1v) is 16.0. The van der Waals surface area contributed by atoms with E-state index in [1.165, 1.54) is 26.2 Å². The Bertz CT molecular complexity index is 1860. The molecule has 266 valence electrons. The van der Waals surface area contributed by atoms with Gasteiger partial charge in [-0.15, -0.1) is 0 Å². The van der Waals surface area contributed by atoms with Crippen LogP contribution in [0.3, 0.4) is 0 Å². The number of methoxy groups -OCH3 is 3. The number of ether oxygens (including phenoxy) is 3. The second-order valence-electron chi connectivity index (χ2n) is 12.2. The zero-order valence-electron chi connectivity index (χ0n) is 28.6. The van der Waals surface area contributed by atoms with Gasteiger partial charge < -0.3 is 54.1 Å². The van der Waals surface area contributed by atoms with Gasteiger partial charge in [0.2, 0.25) is 0 Å². The number of carbonyl (C=O) groups excluding carboxylic acids is 2. The summed E-state index contributed by atoms with van der Waals surface area (Å²) in [6, 6.07) is 20.1. The number of aliphatic hydroxyl groups excluding tert-OH is 5. The van der Waals surface area contributed by atoms with Crippen molar-refractivity contribution in [3.8, 4) is 28.4 Å². The predicted molar refractivity (Wildman–Crippen MR) is 185 cm³/mol. The van der Waals surface area contributed by atoms with E-state index in [1.54, 1.807) is 46.9 Å². The van der Waals surface area contributed by atoms with Gasteiger partial charge in [-0.3, -0.25) is 9.59 Å². The number of hydrogen-bond donors (Lipinski definition) is 5. The standard InChI is InChI=1S/C37H43N3O10/c1-21-14-22(10-12-25(21)26-8-6-7-9-31(26)48-3)36(46)40-18-24-11-13-27(37(47)38(2)19-29(42)34(44)35(45)30(43)20-41)39(24)17-23-15-32(49-4)33(50-5)16-28(23)40/h6-16,29-30,34-35,41-45H,17-20H2,1-5H3/t29-,30+,34+,35+/m0/s1. The summed E-state index contributed by atoms with van der Waals surface area (Å²) < 4.78 is 18.5. The van der Waals surface area contributed by atoms with Crippen LogP contribution in [0, 0.1) is 6.92 Å². The molecule has 13 heteroatoms. The fraction of sp³-hybridized carbons (Fsp3) is 0.351. The van der Waals surface area contributed by atoms with Crippen molar-refractivity contribution >= 4 is 17.5 Å². The molecule has 2 amide bonds. The summed E-state index contributed by atoms with van der Waals surface area (Å²) in [6.07, 6.45) is -6.94. The van der Waals surface area contributed by atoms with E-state index in [0.29, 0.717) is 34.0 Å². The first kappa shape index (κ1) is 36.4. The molecule has 5 N–H and O–H groups in total. The summed E-state index contributed by atoms with van der Waals surface area (Å²) in [5.74, 6) is 0.822. The van der Waals surface area contributed by atoms with Gasteiger partial charge in [0, 0.05) is 36.5 Å². The molecule has 1 aliphatic rings. The lowest BCUT2D eigenvalue weighted by Crippen LogP contribution is -2.50. The quantitative estimate of drug-likeness (QED) is 0.148. The van der Waals surface area contributed by atoms with E-state index < -0.39 is 36.9 Å². The maximum Gasteiger partial charge on any atom is 0.270 e. The van der Waals surface area contributed by atoms with Gasteiger partial charge in [-0.25, -0.2) is 0 Å². The van der Waals surface area contributed by atoms with Gasteiger partial charge in [0.05, 0.1) is 46.7 Å². The van der Waals surface area contributed by atoms with Crippen LogP contribution in [0.5, 0.6) is 17.2 Å². The number of aryl methyl sites for hydroxylation is 1. The Morgan fingerprint density at radius 1 is 0.800 bits per heavy atom. The third-order valence-corrected chi connectivity index (χ3v) is 9.06. The molecule has 0 radical (unpaired) electrons. The van der Waals surface area contributed by atoms with Gasteiger partial charge in [-0.05, 0) is 60.0 Å². The largest absolute Gasteiger partial charge is 0.496 e. The number of rotatable bonds is 12. The maximum absolute atomic E-state index is 14.4. The molecule has 4 aromatic rings. The van der Waals surface area contributed by atoms with Gasteiger partial charge in [-0.2, -0.15) is 0 Å². The monoisotopic (exact) mass is 689 g/mol. The highest BCUT2D eigenvalue weighted by atomic mass is 16.5. The number of carbonyl (C=O) groups is 2. The van der Waals surface area contributed by atoms with Crippen molar-refractivity contribution in [3.63, 3.8) is 0 Å². The Labute approximate surface area is 290 Å². The first-order valence-electron chi connectivity index (χ1n) is 16.0. The Hall–Kier alpha value is -4.92. The summed E-state index contributed by atoms with van der Waals surface area (Å²) in [5, 5.41) is 49.6. The van der Waals surface area contributed by atoms with Gasteiger partial charge in [0.1, 0.15) is 35.9 Å². The normalized spacial score (nSPS) is 14.8. The summed E-state index contributed by atoms with van der Waals surface area (Å²) in [7, 11) is 6.07. The lowest BCUT2D eigenvalue weighted by molar-refractivity contribution is -0.117. The Morgan fingerprint density at radius 2 is 1.46 bits per heavy atom. The van der Waals surface area contributed by atoms with E-state index in [2.05, 4.69) is 0 Å². The van der Waals surface area contributed by atoms with Crippen LogP contribution in [0.1, 0.15) is 37.7 Å². The number of likely N-dealkylation sites (N-methyl/N-ethyl adjacent to an activating group) is 1. The van der Waals surface area contributed by atoms with E-state index in [4.69, 9.17) is 19.3 Å². The van der Waals surface area contributed by atoms with Crippen LogP contribution in [-0.4, -0.2) is 113 Å². The Morgan fingerprint density at radius 3 is 2.12 bits per heavy atom. The average Bonchev–Trinajstić information content (AvgIpc) is 3.45. The number of hydrogen-bond acceptors (Lipinski definition) is 10. The molecule has 0 aliphatic carbocycles. The van der Waals surface area contributed by atoms with Crippen LogP contribution in [0.2, 0.25) is 0 Å². The van der Waals surface area contributed by atoms with Crippen molar-refractivity contribution in [2.75, 3.05) is 46.4 Å². The minimum absolute atomic E-state index is 0.109. The number of anilines is 1. The SMILES string of the molecule is COc1cc2c(cc1OC)N(C(=O)c1ccc(-c3ccccc3OC)c(C)c1)Cc1ccc(C(=O)N(C)C[C@H](O)[C@@H](O)[C@H](O)[C@H](O)CO)n1C2. The molecular weight excluding hydrogens is 646 g/mol. The second-order valence-corrected chi connectivity index (χ2v) is 12.2. The maximum atomic E-state index is 14.4. The van der Waals surface area contributed by atoms with Crippen molar-refractivity contribution in [3.05, 3.63) is 94.8 Å². The molecule has 0 fully saturated rings. The number of para-hydroxylation sites is 1. The molecule has 50 heavy (non-hydrogen) atoms. The first-order chi connectivity index (χ1) is 23.9. The van der Waals surface area contributed by atoms with Crippen molar-refractivity contribution in [2.45, 2.75) is 44.4 Å². The highest BCUT2D eigenvalue weighted by Crippen LogP contribution is 2.40. The highest BCUT2D eigenvalue weighted by molar-refractivity contribution is 6.07. The molecule has 4 atom stereocenters. The zero-order valence-corrected chi connectivity index (χ0v) is 28.6. The lowest BCUT2D eigenvalue weighted by atomic mass is 9.97. The molecule has 2 heterocycles. The topological polar surface area (TPSA) is 174 Å². The predicted octanol–water partition coefficient (Wildman–Crippen LogP) is 2.21. The Balaban J connectivity index is 1.50. The Kier molecular flexibility index (Phi) is 11.1. The third kappa shape index (κ3) is 7.04. The number of benzene rings is 3. The van der Waals surface area contributed by atoms with Crippen molar-refractivity contribution in [2.24, 2.45) is 0 Å². The van der Waals surface area contributed by atoms with Crippen LogP contribution in [-0.2, 0) is 13.1 Å². The summed E-state index contributed by atoms with van der Waals surface area (Å²) in [6.45, 7) is 1.04. The van der Waals surface area contributed by atoms with Crippen LogP contribution in [0.25, 0.3) is 11.1 Å². The molecule has 0 unspecified atom stereocenters. The van der Waals surface area contributed by atoms with E-state index in [1.807, 2.05) is 43.3 Å². The molecular formula is C37H43N3O10. The lowest BCUT2D eigenvalue weighted by Gasteiger charge is -2.28.